The number of benzene rings is 2. The van der Waals surface area contributed by atoms with Gasteiger partial charge in [0.2, 0.25) is 5.91 Å². The van der Waals surface area contributed by atoms with Crippen LogP contribution in [0.5, 0.6) is 5.75 Å². The number of nitrogens with zero attached hydrogens (tertiary/aromatic N) is 1. The maximum Gasteiger partial charge on any atom is 0.339 e. The highest BCUT2D eigenvalue weighted by Crippen LogP contribution is 2.26. The highest BCUT2D eigenvalue weighted by Gasteiger charge is 2.15. The van der Waals surface area contributed by atoms with Crippen molar-refractivity contribution in [2.24, 2.45) is 0 Å². The van der Waals surface area contributed by atoms with Crippen molar-refractivity contribution in [3.8, 4) is 5.75 Å². The molecular formula is C21H24FNO4S. The molecule has 28 heavy (non-hydrogen) atoms. The number of esters is 1. The van der Waals surface area contributed by atoms with Gasteiger partial charge in [0.05, 0.1) is 19.3 Å². The quantitative estimate of drug-likeness (QED) is 0.348. The third kappa shape index (κ3) is 5.99. The summed E-state index contributed by atoms with van der Waals surface area (Å²) in [6.07, 6.45) is 0.980. The number of carbonyl (C=O) groups excluding carboxylic acids is 2. The molecule has 0 saturated carbocycles. The van der Waals surface area contributed by atoms with E-state index in [0.717, 1.165) is 5.69 Å². The van der Waals surface area contributed by atoms with Crippen LogP contribution in [-0.4, -0.2) is 38.4 Å². The highest BCUT2D eigenvalue weighted by atomic mass is 32.2. The Labute approximate surface area is 168 Å². The number of ether oxygens (including phenoxy) is 2. The number of thioether (sulfide) groups is 1. The van der Waals surface area contributed by atoms with Gasteiger partial charge in [0.15, 0.2) is 0 Å². The molecule has 2 rings (SSSR count). The van der Waals surface area contributed by atoms with Crippen molar-refractivity contribution >= 4 is 29.3 Å². The zero-order valence-corrected chi connectivity index (χ0v) is 17.1. The number of hydrogen-bond acceptors (Lipinski definition) is 5. The fourth-order valence-electron chi connectivity index (χ4n) is 2.53. The zero-order chi connectivity index (χ0) is 20.5. The molecule has 0 aliphatic rings. The van der Waals surface area contributed by atoms with Crippen LogP contribution in [0.1, 0.15) is 30.1 Å². The molecule has 1 amide bonds. The SMILES string of the molecule is CCOC(=O)c1cc(F)ccc1SCCCC(=O)N(C)c1cccc(OC)c1. The summed E-state index contributed by atoms with van der Waals surface area (Å²) < 4.78 is 23.6. The molecule has 0 unspecified atom stereocenters. The Bertz CT molecular complexity index is 828. The third-order valence-electron chi connectivity index (χ3n) is 4.04. The van der Waals surface area contributed by atoms with E-state index in [-0.39, 0.29) is 18.1 Å². The summed E-state index contributed by atoms with van der Waals surface area (Å²) in [4.78, 5) is 26.6. The maximum absolute atomic E-state index is 13.5. The highest BCUT2D eigenvalue weighted by molar-refractivity contribution is 7.99. The number of hydrogen-bond donors (Lipinski definition) is 0. The van der Waals surface area contributed by atoms with Gasteiger partial charge in [0.1, 0.15) is 11.6 Å². The molecule has 7 heteroatoms. The molecule has 0 radical (unpaired) electrons. The minimum absolute atomic E-state index is 0.0152. The number of carbonyl (C=O) groups is 2. The zero-order valence-electron chi connectivity index (χ0n) is 16.2. The van der Waals surface area contributed by atoms with Crippen molar-refractivity contribution in [2.45, 2.75) is 24.7 Å². The molecule has 0 spiro atoms. The first-order chi connectivity index (χ1) is 13.5. The van der Waals surface area contributed by atoms with Gasteiger partial charge in [0, 0.05) is 30.1 Å². The molecule has 0 saturated heterocycles. The lowest BCUT2D eigenvalue weighted by molar-refractivity contribution is -0.118. The van der Waals surface area contributed by atoms with Crippen LogP contribution in [0.4, 0.5) is 10.1 Å². The molecule has 0 atom stereocenters. The van der Waals surface area contributed by atoms with Crippen molar-refractivity contribution in [3.05, 3.63) is 53.8 Å². The minimum Gasteiger partial charge on any atom is -0.497 e. The molecule has 2 aromatic rings. The van der Waals surface area contributed by atoms with E-state index in [1.165, 1.54) is 23.9 Å². The van der Waals surface area contributed by atoms with Gasteiger partial charge < -0.3 is 14.4 Å². The first-order valence-corrected chi connectivity index (χ1v) is 9.95. The Kier molecular flexibility index (Phi) is 8.32. The van der Waals surface area contributed by atoms with Crippen molar-refractivity contribution in [2.75, 3.05) is 31.4 Å². The smallest absolute Gasteiger partial charge is 0.339 e. The normalized spacial score (nSPS) is 10.4. The molecule has 0 N–H and O–H groups in total. The van der Waals surface area contributed by atoms with Gasteiger partial charge in [-0.15, -0.1) is 11.8 Å². The van der Waals surface area contributed by atoms with E-state index in [4.69, 9.17) is 9.47 Å². The Hall–Kier alpha value is -2.54. The second-order valence-corrected chi connectivity index (χ2v) is 7.10. The first-order valence-electron chi connectivity index (χ1n) is 8.96. The van der Waals surface area contributed by atoms with Crippen molar-refractivity contribution in [1.82, 2.24) is 0 Å². The molecule has 5 nitrogen and oxygen atoms in total. The first kappa shape index (κ1) is 21.8. The molecule has 0 aromatic heterocycles. The van der Waals surface area contributed by atoms with Gasteiger partial charge in [-0.2, -0.15) is 0 Å². The second kappa shape index (κ2) is 10.7. The average Bonchev–Trinajstić information content (AvgIpc) is 2.71. The molecule has 2 aromatic carbocycles. The lowest BCUT2D eigenvalue weighted by Crippen LogP contribution is -2.25. The van der Waals surface area contributed by atoms with E-state index in [1.807, 2.05) is 18.2 Å². The van der Waals surface area contributed by atoms with E-state index in [0.29, 0.717) is 29.2 Å². The van der Waals surface area contributed by atoms with E-state index in [9.17, 15) is 14.0 Å². The molecule has 0 bridgehead atoms. The van der Waals surface area contributed by atoms with Gasteiger partial charge >= 0.3 is 5.97 Å². The standard InChI is InChI=1S/C21H24FNO4S/c1-4-27-21(25)18-13-15(22)10-11-19(18)28-12-6-9-20(24)23(2)16-7-5-8-17(14-16)26-3/h5,7-8,10-11,13-14H,4,6,9,12H2,1-3H3. The summed E-state index contributed by atoms with van der Waals surface area (Å²) >= 11 is 1.41. The lowest BCUT2D eigenvalue weighted by atomic mass is 10.2. The van der Waals surface area contributed by atoms with Gasteiger partial charge in [-0.05, 0) is 49.4 Å². The van der Waals surface area contributed by atoms with E-state index < -0.39 is 11.8 Å². The molecule has 150 valence electrons. The number of amides is 1. The summed E-state index contributed by atoms with van der Waals surface area (Å²) in [5, 5.41) is 0. The fourth-order valence-corrected chi connectivity index (χ4v) is 3.50. The largest absolute Gasteiger partial charge is 0.497 e. The number of halogens is 1. The van der Waals surface area contributed by atoms with Gasteiger partial charge in [0.25, 0.3) is 0 Å². The second-order valence-electron chi connectivity index (χ2n) is 5.97. The molecule has 0 aliphatic carbocycles. The Morgan fingerprint density at radius 3 is 2.68 bits per heavy atom. The Morgan fingerprint density at radius 1 is 1.18 bits per heavy atom. The Morgan fingerprint density at radius 2 is 1.96 bits per heavy atom. The van der Waals surface area contributed by atoms with Crippen LogP contribution in [0.3, 0.4) is 0 Å². The van der Waals surface area contributed by atoms with Crippen molar-refractivity contribution < 1.29 is 23.5 Å². The predicted octanol–water partition coefficient (Wildman–Crippen LogP) is 4.55. The van der Waals surface area contributed by atoms with E-state index in [1.54, 1.807) is 38.1 Å². The van der Waals surface area contributed by atoms with Crippen LogP contribution < -0.4 is 9.64 Å². The number of anilines is 1. The fraction of sp³-hybridized carbons (Fsp3) is 0.333. The number of rotatable bonds is 9. The van der Waals surface area contributed by atoms with Gasteiger partial charge in [-0.25, -0.2) is 9.18 Å². The Balaban J connectivity index is 1.90. The van der Waals surface area contributed by atoms with Gasteiger partial charge in [-0.1, -0.05) is 6.07 Å². The molecular weight excluding hydrogens is 381 g/mol. The van der Waals surface area contributed by atoms with E-state index in [2.05, 4.69) is 0 Å². The summed E-state index contributed by atoms with van der Waals surface area (Å²) in [6.45, 7) is 1.93. The van der Waals surface area contributed by atoms with Crippen LogP contribution >= 0.6 is 11.8 Å². The van der Waals surface area contributed by atoms with Crippen LogP contribution in [0, 0.1) is 5.82 Å². The molecule has 0 fully saturated rings. The predicted molar refractivity (Wildman–Crippen MR) is 109 cm³/mol. The summed E-state index contributed by atoms with van der Waals surface area (Å²) in [5.74, 6) is 0.269. The summed E-state index contributed by atoms with van der Waals surface area (Å²) in [7, 11) is 3.31. The minimum atomic E-state index is -0.543. The summed E-state index contributed by atoms with van der Waals surface area (Å²) in [6, 6.07) is 11.4. The van der Waals surface area contributed by atoms with Gasteiger partial charge in [-0.3, -0.25) is 4.79 Å². The topological polar surface area (TPSA) is 55.8 Å². The maximum atomic E-state index is 13.5. The third-order valence-corrected chi connectivity index (χ3v) is 5.20. The van der Waals surface area contributed by atoms with Crippen molar-refractivity contribution in [3.63, 3.8) is 0 Å². The van der Waals surface area contributed by atoms with Crippen LogP contribution in [0.2, 0.25) is 0 Å². The van der Waals surface area contributed by atoms with Crippen LogP contribution in [0.15, 0.2) is 47.4 Å². The number of methoxy groups -OCH3 is 1. The molecule has 0 aliphatic heterocycles. The average molecular weight is 405 g/mol. The molecule has 0 heterocycles. The monoisotopic (exact) mass is 405 g/mol. The van der Waals surface area contributed by atoms with Crippen LogP contribution in [0.25, 0.3) is 0 Å². The van der Waals surface area contributed by atoms with E-state index >= 15 is 0 Å². The van der Waals surface area contributed by atoms with Crippen LogP contribution in [-0.2, 0) is 9.53 Å². The summed E-state index contributed by atoms with van der Waals surface area (Å²) in [5.41, 5.74) is 0.979. The van der Waals surface area contributed by atoms with Crippen molar-refractivity contribution in [1.29, 1.82) is 0 Å². The lowest BCUT2D eigenvalue weighted by Gasteiger charge is -2.18.